The Morgan fingerprint density at radius 1 is 1.37 bits per heavy atom. The topological polar surface area (TPSA) is 36.4 Å². The van der Waals surface area contributed by atoms with E-state index >= 15 is 0 Å². The highest BCUT2D eigenvalue weighted by Crippen LogP contribution is 2.25. The fourth-order valence-corrected chi connectivity index (χ4v) is 3.90. The maximum atomic E-state index is 9.06. The number of hydrogen-bond donors (Lipinski definition) is 1. The molecule has 1 unspecified atom stereocenters. The van der Waals surface area contributed by atoms with E-state index < -0.39 is 0 Å². The van der Waals surface area contributed by atoms with Crippen LogP contribution < -0.4 is 0 Å². The summed E-state index contributed by atoms with van der Waals surface area (Å²) < 4.78 is 1.28. The van der Waals surface area contributed by atoms with Crippen LogP contribution in [0.15, 0.2) is 24.3 Å². The highest BCUT2D eigenvalue weighted by atomic mass is 32.1. The van der Waals surface area contributed by atoms with Gasteiger partial charge in [-0.15, -0.1) is 11.3 Å². The normalized spacial score (nSPS) is 21.0. The van der Waals surface area contributed by atoms with Crippen molar-refractivity contribution < 1.29 is 5.11 Å². The molecular weight excluding hydrogens is 256 g/mol. The Kier molecular flexibility index (Phi) is 4.11. The van der Waals surface area contributed by atoms with Crippen molar-refractivity contribution in [3.63, 3.8) is 0 Å². The number of fused-ring (bicyclic) bond motifs is 1. The minimum atomic E-state index is 0.319. The first kappa shape index (κ1) is 13.0. The molecule has 3 rings (SSSR count). The van der Waals surface area contributed by atoms with Gasteiger partial charge in [-0.25, -0.2) is 4.98 Å². The zero-order valence-corrected chi connectivity index (χ0v) is 11.9. The summed E-state index contributed by atoms with van der Waals surface area (Å²) in [6.45, 7) is 3.55. The molecule has 1 fully saturated rings. The lowest BCUT2D eigenvalue weighted by Gasteiger charge is -2.31. The van der Waals surface area contributed by atoms with Crippen LogP contribution in [0.2, 0.25) is 0 Å². The van der Waals surface area contributed by atoms with E-state index in [2.05, 4.69) is 23.1 Å². The summed E-state index contributed by atoms with van der Waals surface area (Å²) in [6, 6.07) is 8.34. The van der Waals surface area contributed by atoms with Crippen LogP contribution in [-0.4, -0.2) is 34.7 Å². The fraction of sp³-hybridized carbons (Fsp3) is 0.533. The molecular formula is C15H20N2OS. The van der Waals surface area contributed by atoms with Crippen LogP contribution in [-0.2, 0) is 6.54 Å². The van der Waals surface area contributed by atoms with Gasteiger partial charge in [0.2, 0.25) is 0 Å². The summed E-state index contributed by atoms with van der Waals surface area (Å²) in [5.74, 6) is 0.660. The summed E-state index contributed by atoms with van der Waals surface area (Å²) in [4.78, 5) is 7.19. The Labute approximate surface area is 117 Å². The first-order valence-electron chi connectivity index (χ1n) is 7.03. The van der Waals surface area contributed by atoms with Gasteiger partial charge < -0.3 is 5.11 Å². The number of rotatable bonds is 4. The maximum Gasteiger partial charge on any atom is 0.108 e. The SMILES string of the molecule is OCCC1CCCN(Cc2nc3ccccc3s2)C1. The van der Waals surface area contributed by atoms with Crippen LogP contribution >= 0.6 is 11.3 Å². The van der Waals surface area contributed by atoms with Crippen LogP contribution in [0.25, 0.3) is 10.2 Å². The monoisotopic (exact) mass is 276 g/mol. The Bertz CT molecular complexity index is 505. The molecule has 2 aromatic rings. The second kappa shape index (κ2) is 5.99. The molecule has 0 radical (unpaired) electrons. The number of nitrogens with zero attached hydrogens (tertiary/aromatic N) is 2. The van der Waals surface area contributed by atoms with Crippen molar-refractivity contribution in [2.24, 2.45) is 5.92 Å². The van der Waals surface area contributed by atoms with Gasteiger partial charge in [0.25, 0.3) is 0 Å². The van der Waals surface area contributed by atoms with Gasteiger partial charge in [-0.05, 0) is 43.9 Å². The van der Waals surface area contributed by atoms with E-state index in [0.29, 0.717) is 12.5 Å². The number of aliphatic hydroxyl groups is 1. The lowest BCUT2D eigenvalue weighted by Crippen LogP contribution is -2.35. The van der Waals surface area contributed by atoms with Crippen LogP contribution in [0, 0.1) is 5.92 Å². The first-order chi connectivity index (χ1) is 9.35. The molecule has 0 spiro atoms. The third-order valence-electron chi connectivity index (χ3n) is 3.84. The molecule has 1 aromatic heterocycles. The molecule has 4 heteroatoms. The number of hydrogen-bond acceptors (Lipinski definition) is 4. The van der Waals surface area contributed by atoms with Crippen LogP contribution in [0.1, 0.15) is 24.3 Å². The lowest BCUT2D eigenvalue weighted by atomic mass is 9.95. The predicted octanol–water partition coefficient (Wildman–Crippen LogP) is 2.89. The van der Waals surface area contributed by atoms with Crippen molar-refractivity contribution in [3.05, 3.63) is 29.3 Å². The average Bonchev–Trinajstić information content (AvgIpc) is 2.81. The highest BCUT2D eigenvalue weighted by Gasteiger charge is 2.20. The standard InChI is InChI=1S/C15H20N2OS/c18-9-7-12-4-3-8-17(10-12)11-15-16-13-5-1-2-6-14(13)19-15/h1-2,5-6,12,18H,3-4,7-11H2. The molecule has 0 amide bonds. The molecule has 0 saturated carbocycles. The van der Waals surface area contributed by atoms with Crippen molar-refractivity contribution in [1.29, 1.82) is 0 Å². The predicted molar refractivity (Wildman–Crippen MR) is 79.3 cm³/mol. The summed E-state index contributed by atoms with van der Waals surface area (Å²) >= 11 is 1.80. The Morgan fingerprint density at radius 3 is 3.11 bits per heavy atom. The van der Waals surface area contributed by atoms with Gasteiger partial charge in [0.15, 0.2) is 0 Å². The second-order valence-electron chi connectivity index (χ2n) is 5.33. The van der Waals surface area contributed by atoms with E-state index in [4.69, 9.17) is 10.1 Å². The number of aromatic nitrogens is 1. The Balaban J connectivity index is 1.67. The molecule has 1 aromatic carbocycles. The van der Waals surface area contributed by atoms with Crippen LogP contribution in [0.4, 0.5) is 0 Å². The second-order valence-corrected chi connectivity index (χ2v) is 6.45. The van der Waals surface area contributed by atoms with Crippen molar-refractivity contribution in [3.8, 4) is 0 Å². The van der Waals surface area contributed by atoms with E-state index in [1.165, 1.54) is 22.5 Å². The minimum absolute atomic E-state index is 0.319. The van der Waals surface area contributed by atoms with Gasteiger partial charge in [-0.3, -0.25) is 4.90 Å². The number of piperidine rings is 1. The molecule has 1 aliphatic rings. The number of para-hydroxylation sites is 1. The summed E-state index contributed by atoms with van der Waals surface area (Å²) in [5, 5.41) is 10.3. The Hall–Kier alpha value is -0.970. The third kappa shape index (κ3) is 3.14. The molecule has 0 bridgehead atoms. The van der Waals surface area contributed by atoms with E-state index in [1.54, 1.807) is 11.3 Å². The van der Waals surface area contributed by atoms with Crippen LogP contribution in [0.5, 0.6) is 0 Å². The fourth-order valence-electron chi connectivity index (χ4n) is 2.89. The van der Waals surface area contributed by atoms with Gasteiger partial charge in [0.1, 0.15) is 5.01 Å². The first-order valence-corrected chi connectivity index (χ1v) is 7.84. The quantitative estimate of drug-likeness (QED) is 0.933. The van der Waals surface area contributed by atoms with Gasteiger partial charge in [0, 0.05) is 13.2 Å². The number of benzene rings is 1. The van der Waals surface area contributed by atoms with Gasteiger partial charge in [0.05, 0.1) is 16.8 Å². The summed E-state index contributed by atoms with van der Waals surface area (Å²) in [5.41, 5.74) is 1.12. The van der Waals surface area contributed by atoms with Crippen molar-refractivity contribution >= 4 is 21.6 Å². The summed E-state index contributed by atoms with van der Waals surface area (Å²) in [7, 11) is 0. The van der Waals surface area contributed by atoms with E-state index in [9.17, 15) is 0 Å². The van der Waals surface area contributed by atoms with Crippen LogP contribution in [0.3, 0.4) is 0 Å². The van der Waals surface area contributed by atoms with E-state index in [-0.39, 0.29) is 0 Å². The smallest absolute Gasteiger partial charge is 0.108 e. The highest BCUT2D eigenvalue weighted by molar-refractivity contribution is 7.18. The molecule has 1 aliphatic heterocycles. The van der Waals surface area contributed by atoms with Gasteiger partial charge in [-0.1, -0.05) is 12.1 Å². The summed E-state index contributed by atoms with van der Waals surface area (Å²) in [6.07, 6.45) is 3.45. The molecule has 1 atom stereocenters. The largest absolute Gasteiger partial charge is 0.396 e. The molecule has 1 saturated heterocycles. The molecule has 102 valence electrons. The van der Waals surface area contributed by atoms with Crippen molar-refractivity contribution in [2.75, 3.05) is 19.7 Å². The van der Waals surface area contributed by atoms with Gasteiger partial charge in [-0.2, -0.15) is 0 Å². The van der Waals surface area contributed by atoms with E-state index in [1.807, 2.05) is 6.07 Å². The third-order valence-corrected chi connectivity index (χ3v) is 4.86. The minimum Gasteiger partial charge on any atom is -0.396 e. The zero-order valence-electron chi connectivity index (χ0n) is 11.1. The molecule has 0 aliphatic carbocycles. The maximum absolute atomic E-state index is 9.06. The van der Waals surface area contributed by atoms with Crippen molar-refractivity contribution in [1.82, 2.24) is 9.88 Å². The molecule has 1 N–H and O–H groups in total. The molecule has 2 heterocycles. The van der Waals surface area contributed by atoms with E-state index in [0.717, 1.165) is 31.6 Å². The molecule has 19 heavy (non-hydrogen) atoms. The molecule has 3 nitrogen and oxygen atoms in total. The Morgan fingerprint density at radius 2 is 2.26 bits per heavy atom. The number of likely N-dealkylation sites (tertiary alicyclic amines) is 1. The lowest BCUT2D eigenvalue weighted by molar-refractivity contribution is 0.142. The average molecular weight is 276 g/mol. The number of thiazole rings is 1. The van der Waals surface area contributed by atoms with Crippen molar-refractivity contribution in [2.45, 2.75) is 25.8 Å². The zero-order chi connectivity index (χ0) is 13.1. The van der Waals surface area contributed by atoms with Gasteiger partial charge >= 0.3 is 0 Å². The number of aliphatic hydroxyl groups excluding tert-OH is 1.